The van der Waals surface area contributed by atoms with Crippen molar-refractivity contribution in [1.82, 2.24) is 10.6 Å². The Morgan fingerprint density at radius 3 is 2.96 bits per heavy atom. The third-order valence-corrected chi connectivity index (χ3v) is 3.64. The molecule has 0 bridgehead atoms. The Bertz CT molecular complexity index is 528. The van der Waals surface area contributed by atoms with Crippen LogP contribution in [0, 0.1) is 0 Å². The molecule has 23 heavy (non-hydrogen) atoms. The molecule has 6 heteroatoms. The van der Waals surface area contributed by atoms with E-state index in [1.54, 1.807) is 24.3 Å². The molecule has 1 atom stereocenters. The van der Waals surface area contributed by atoms with Crippen molar-refractivity contribution in [1.29, 1.82) is 0 Å². The van der Waals surface area contributed by atoms with Gasteiger partial charge in [-0.05, 0) is 44.0 Å². The summed E-state index contributed by atoms with van der Waals surface area (Å²) in [7, 11) is 0. The molecule has 1 fully saturated rings. The van der Waals surface area contributed by atoms with Gasteiger partial charge in [0.1, 0.15) is 0 Å². The lowest BCUT2D eigenvalue weighted by Crippen LogP contribution is -2.32. The van der Waals surface area contributed by atoms with Crippen molar-refractivity contribution in [3.8, 4) is 0 Å². The van der Waals surface area contributed by atoms with E-state index in [1.807, 2.05) is 6.92 Å². The van der Waals surface area contributed by atoms with Crippen LogP contribution in [0.5, 0.6) is 0 Å². The number of hydrogen-bond donors (Lipinski definition) is 3. The van der Waals surface area contributed by atoms with Crippen LogP contribution in [-0.2, 0) is 9.53 Å². The highest BCUT2D eigenvalue weighted by molar-refractivity contribution is 5.97. The van der Waals surface area contributed by atoms with E-state index in [4.69, 9.17) is 4.74 Å². The molecule has 3 N–H and O–H groups in total. The molecule has 0 aliphatic carbocycles. The van der Waals surface area contributed by atoms with Crippen LogP contribution in [0.2, 0.25) is 0 Å². The van der Waals surface area contributed by atoms with Crippen molar-refractivity contribution in [2.75, 3.05) is 31.6 Å². The van der Waals surface area contributed by atoms with Crippen LogP contribution in [0.1, 0.15) is 36.5 Å². The second kappa shape index (κ2) is 9.27. The van der Waals surface area contributed by atoms with E-state index in [9.17, 15) is 9.59 Å². The molecule has 0 aromatic heterocycles. The van der Waals surface area contributed by atoms with Gasteiger partial charge >= 0.3 is 0 Å². The van der Waals surface area contributed by atoms with Crippen LogP contribution in [0.15, 0.2) is 24.3 Å². The van der Waals surface area contributed by atoms with E-state index < -0.39 is 0 Å². The van der Waals surface area contributed by atoms with E-state index in [0.29, 0.717) is 17.8 Å². The first-order valence-electron chi connectivity index (χ1n) is 8.19. The molecule has 6 nitrogen and oxygen atoms in total. The molecular weight excluding hydrogens is 294 g/mol. The normalized spacial score (nSPS) is 17.0. The zero-order chi connectivity index (χ0) is 16.5. The highest BCUT2D eigenvalue weighted by Crippen LogP contribution is 2.12. The fourth-order valence-electron chi connectivity index (χ4n) is 2.44. The fourth-order valence-corrected chi connectivity index (χ4v) is 2.44. The molecule has 1 aromatic rings. The van der Waals surface area contributed by atoms with Gasteiger partial charge in [-0.3, -0.25) is 9.59 Å². The molecule has 126 valence electrons. The zero-order valence-electron chi connectivity index (χ0n) is 13.6. The Kier molecular flexibility index (Phi) is 7.03. The predicted molar refractivity (Wildman–Crippen MR) is 89.5 cm³/mol. The van der Waals surface area contributed by atoms with E-state index in [2.05, 4.69) is 16.0 Å². The number of ether oxygens (including phenoxy) is 1. The Balaban J connectivity index is 1.83. The maximum atomic E-state index is 12.2. The number of carbonyl (C=O) groups excluding carboxylic acids is 2. The van der Waals surface area contributed by atoms with Crippen molar-refractivity contribution < 1.29 is 14.3 Å². The molecule has 0 saturated carbocycles. The van der Waals surface area contributed by atoms with Crippen LogP contribution in [0.4, 0.5) is 5.69 Å². The monoisotopic (exact) mass is 319 g/mol. The minimum absolute atomic E-state index is 0.115. The summed E-state index contributed by atoms with van der Waals surface area (Å²) in [6, 6.07) is 6.95. The van der Waals surface area contributed by atoms with E-state index in [0.717, 1.165) is 32.4 Å². The molecule has 0 spiro atoms. The summed E-state index contributed by atoms with van der Waals surface area (Å²) in [5.41, 5.74) is 1.15. The van der Waals surface area contributed by atoms with E-state index >= 15 is 0 Å². The first-order valence-corrected chi connectivity index (χ1v) is 8.19. The number of nitrogens with one attached hydrogen (secondary N) is 3. The van der Waals surface area contributed by atoms with Gasteiger partial charge in [0.05, 0.1) is 12.6 Å². The highest BCUT2D eigenvalue weighted by Gasteiger charge is 2.16. The van der Waals surface area contributed by atoms with Gasteiger partial charge in [-0.15, -0.1) is 0 Å². The second-order valence-electron chi connectivity index (χ2n) is 5.65. The maximum Gasteiger partial charge on any atom is 0.251 e. The highest BCUT2D eigenvalue weighted by atomic mass is 16.5. The van der Waals surface area contributed by atoms with Gasteiger partial charge in [-0.2, -0.15) is 0 Å². The summed E-state index contributed by atoms with van der Waals surface area (Å²) in [4.78, 5) is 23.9. The Hall–Kier alpha value is -1.92. The van der Waals surface area contributed by atoms with Gasteiger partial charge < -0.3 is 20.7 Å². The quantitative estimate of drug-likeness (QED) is 0.635. The number of rotatable bonds is 8. The van der Waals surface area contributed by atoms with Crippen molar-refractivity contribution in [3.63, 3.8) is 0 Å². The zero-order valence-corrected chi connectivity index (χ0v) is 13.6. The molecule has 1 aliphatic heterocycles. The van der Waals surface area contributed by atoms with Gasteiger partial charge in [0.2, 0.25) is 5.91 Å². The summed E-state index contributed by atoms with van der Waals surface area (Å²) >= 11 is 0. The molecule has 1 aliphatic rings. The molecule has 2 rings (SSSR count). The van der Waals surface area contributed by atoms with Gasteiger partial charge in [-0.1, -0.05) is 13.0 Å². The summed E-state index contributed by atoms with van der Waals surface area (Å²) in [5.74, 6) is -0.268. The Morgan fingerprint density at radius 1 is 1.35 bits per heavy atom. The summed E-state index contributed by atoms with van der Waals surface area (Å²) in [6.07, 6.45) is 3.13. The average molecular weight is 319 g/mol. The average Bonchev–Trinajstić information content (AvgIpc) is 3.06. The van der Waals surface area contributed by atoms with Crippen LogP contribution in [0.3, 0.4) is 0 Å². The number of anilines is 1. The summed E-state index contributed by atoms with van der Waals surface area (Å²) in [6.45, 7) is 4.41. The number of benzene rings is 1. The van der Waals surface area contributed by atoms with Crippen LogP contribution in [-0.4, -0.2) is 44.2 Å². The SMILES string of the molecule is CCCNCC(=O)Nc1cccc(C(=O)NCC2CCCO2)c1. The van der Waals surface area contributed by atoms with Crippen molar-refractivity contribution >= 4 is 17.5 Å². The summed E-state index contributed by atoms with van der Waals surface area (Å²) < 4.78 is 5.48. The Labute approximate surface area is 137 Å². The fraction of sp³-hybridized carbons (Fsp3) is 0.529. The lowest BCUT2D eigenvalue weighted by Gasteiger charge is -2.11. The Morgan fingerprint density at radius 2 is 2.22 bits per heavy atom. The molecular formula is C17H25N3O3. The first-order chi connectivity index (χ1) is 11.2. The van der Waals surface area contributed by atoms with Crippen molar-refractivity contribution in [2.24, 2.45) is 0 Å². The van der Waals surface area contributed by atoms with Crippen LogP contribution < -0.4 is 16.0 Å². The molecule has 1 heterocycles. The van der Waals surface area contributed by atoms with Gasteiger partial charge in [0, 0.05) is 24.4 Å². The smallest absolute Gasteiger partial charge is 0.251 e. The lowest BCUT2D eigenvalue weighted by atomic mass is 10.1. The van der Waals surface area contributed by atoms with Crippen LogP contribution >= 0.6 is 0 Å². The minimum atomic E-state index is -0.152. The molecule has 1 aromatic carbocycles. The van der Waals surface area contributed by atoms with E-state index in [1.165, 1.54) is 0 Å². The van der Waals surface area contributed by atoms with Crippen LogP contribution in [0.25, 0.3) is 0 Å². The van der Waals surface area contributed by atoms with Gasteiger partial charge in [-0.25, -0.2) is 0 Å². The standard InChI is InChI=1S/C17H25N3O3/c1-2-8-18-12-16(21)20-14-6-3-5-13(10-14)17(22)19-11-15-7-4-9-23-15/h3,5-6,10,15,18H,2,4,7-9,11-12H2,1H3,(H,19,22)(H,20,21). The number of hydrogen-bond acceptors (Lipinski definition) is 4. The number of amides is 2. The van der Waals surface area contributed by atoms with Crippen molar-refractivity contribution in [2.45, 2.75) is 32.3 Å². The maximum absolute atomic E-state index is 12.2. The molecule has 0 radical (unpaired) electrons. The largest absolute Gasteiger partial charge is 0.376 e. The minimum Gasteiger partial charge on any atom is -0.376 e. The van der Waals surface area contributed by atoms with E-state index in [-0.39, 0.29) is 24.5 Å². The second-order valence-corrected chi connectivity index (χ2v) is 5.65. The van der Waals surface area contributed by atoms with Gasteiger partial charge in [0.25, 0.3) is 5.91 Å². The first kappa shape index (κ1) is 17.4. The summed E-state index contributed by atoms with van der Waals surface area (Å²) in [5, 5.41) is 8.70. The third kappa shape index (κ3) is 6.00. The predicted octanol–water partition coefficient (Wildman–Crippen LogP) is 1.53. The molecule has 2 amide bonds. The molecule has 1 unspecified atom stereocenters. The lowest BCUT2D eigenvalue weighted by molar-refractivity contribution is -0.115. The topological polar surface area (TPSA) is 79.5 Å². The number of carbonyl (C=O) groups is 2. The molecule has 1 saturated heterocycles. The third-order valence-electron chi connectivity index (χ3n) is 3.64. The van der Waals surface area contributed by atoms with Crippen molar-refractivity contribution in [3.05, 3.63) is 29.8 Å². The van der Waals surface area contributed by atoms with Gasteiger partial charge in [0.15, 0.2) is 0 Å².